The first-order valence-corrected chi connectivity index (χ1v) is 8.36. The van der Waals surface area contributed by atoms with Crippen molar-refractivity contribution < 1.29 is 4.79 Å². The van der Waals surface area contributed by atoms with Crippen molar-refractivity contribution in [1.82, 2.24) is 15.3 Å². The largest absolute Gasteiger partial charge is 0.351 e. The molecule has 0 aliphatic rings. The average molecular weight is 306 g/mol. The van der Waals surface area contributed by atoms with Crippen molar-refractivity contribution in [2.45, 2.75) is 53.9 Å². The van der Waals surface area contributed by atoms with Crippen LogP contribution in [0.4, 0.5) is 5.95 Å². The second kappa shape index (κ2) is 9.38. The molecule has 0 fully saturated rings. The summed E-state index contributed by atoms with van der Waals surface area (Å²) in [7, 11) is 0. The molecule has 5 nitrogen and oxygen atoms in total. The van der Waals surface area contributed by atoms with Crippen LogP contribution in [-0.4, -0.2) is 35.5 Å². The number of amides is 1. The van der Waals surface area contributed by atoms with Crippen LogP contribution < -0.4 is 10.2 Å². The second-order valence-electron chi connectivity index (χ2n) is 6.12. The average Bonchev–Trinajstić information content (AvgIpc) is 2.46. The van der Waals surface area contributed by atoms with Gasteiger partial charge in [0.25, 0.3) is 5.91 Å². The van der Waals surface area contributed by atoms with E-state index in [9.17, 15) is 4.79 Å². The molecule has 0 aliphatic carbocycles. The van der Waals surface area contributed by atoms with Gasteiger partial charge in [0.15, 0.2) is 0 Å². The molecular weight excluding hydrogens is 276 g/mol. The van der Waals surface area contributed by atoms with Gasteiger partial charge in [0, 0.05) is 25.3 Å². The van der Waals surface area contributed by atoms with Crippen LogP contribution in [0.5, 0.6) is 0 Å². The van der Waals surface area contributed by atoms with Gasteiger partial charge in [-0.05, 0) is 38.2 Å². The molecule has 1 amide bonds. The van der Waals surface area contributed by atoms with E-state index in [1.165, 1.54) is 0 Å². The first kappa shape index (κ1) is 18.4. The van der Waals surface area contributed by atoms with E-state index in [1.807, 2.05) is 6.92 Å². The lowest BCUT2D eigenvalue weighted by molar-refractivity contribution is 0.0947. The minimum absolute atomic E-state index is 0.111. The van der Waals surface area contributed by atoms with Crippen LogP contribution in [0.3, 0.4) is 0 Å². The molecule has 0 saturated heterocycles. The normalized spacial score (nSPS) is 10.8. The Morgan fingerprint density at radius 1 is 1.23 bits per heavy atom. The second-order valence-corrected chi connectivity index (χ2v) is 6.12. The van der Waals surface area contributed by atoms with Crippen LogP contribution in [0.15, 0.2) is 6.07 Å². The monoisotopic (exact) mass is 306 g/mol. The standard InChI is InChI=1S/C17H30N4O/c1-6-10-21(11-7-2)17-19-14(5)12-15(20-17)16(22)18-9-8-13(3)4/h12-13H,6-11H2,1-5H3,(H,18,22). The molecule has 0 saturated carbocycles. The highest BCUT2D eigenvalue weighted by Crippen LogP contribution is 2.12. The van der Waals surface area contributed by atoms with E-state index < -0.39 is 0 Å². The predicted octanol–water partition coefficient (Wildman–Crippen LogP) is 3.19. The first-order chi connectivity index (χ1) is 10.5. The smallest absolute Gasteiger partial charge is 0.270 e. The van der Waals surface area contributed by atoms with E-state index in [0.717, 1.165) is 38.0 Å². The Labute approximate surface area is 134 Å². The molecule has 0 radical (unpaired) electrons. The highest BCUT2D eigenvalue weighted by atomic mass is 16.1. The fraction of sp³-hybridized carbons (Fsp3) is 0.706. The van der Waals surface area contributed by atoms with Gasteiger partial charge in [-0.1, -0.05) is 27.7 Å². The van der Waals surface area contributed by atoms with E-state index in [0.29, 0.717) is 24.1 Å². The van der Waals surface area contributed by atoms with Gasteiger partial charge in [-0.15, -0.1) is 0 Å². The minimum Gasteiger partial charge on any atom is -0.351 e. The Hall–Kier alpha value is -1.65. The molecule has 1 heterocycles. The maximum Gasteiger partial charge on any atom is 0.270 e. The summed E-state index contributed by atoms with van der Waals surface area (Å²) < 4.78 is 0. The van der Waals surface area contributed by atoms with Gasteiger partial charge in [-0.2, -0.15) is 0 Å². The van der Waals surface area contributed by atoms with Crippen molar-refractivity contribution in [2.75, 3.05) is 24.5 Å². The number of aromatic nitrogens is 2. The van der Waals surface area contributed by atoms with Crippen LogP contribution in [0.2, 0.25) is 0 Å². The molecule has 1 aromatic rings. The molecule has 0 bridgehead atoms. The van der Waals surface area contributed by atoms with Crippen molar-refractivity contribution in [3.63, 3.8) is 0 Å². The van der Waals surface area contributed by atoms with E-state index in [-0.39, 0.29) is 5.91 Å². The fourth-order valence-electron chi connectivity index (χ4n) is 2.23. The summed E-state index contributed by atoms with van der Waals surface area (Å²) in [6, 6.07) is 1.75. The fourth-order valence-corrected chi connectivity index (χ4v) is 2.23. The Morgan fingerprint density at radius 2 is 1.86 bits per heavy atom. The van der Waals surface area contributed by atoms with E-state index in [4.69, 9.17) is 0 Å². The lowest BCUT2D eigenvalue weighted by atomic mass is 10.1. The Bertz CT molecular complexity index is 468. The Balaban J connectivity index is 2.85. The molecule has 1 N–H and O–H groups in total. The number of nitrogens with one attached hydrogen (secondary N) is 1. The number of hydrogen-bond acceptors (Lipinski definition) is 4. The van der Waals surface area contributed by atoms with Crippen molar-refractivity contribution in [1.29, 1.82) is 0 Å². The molecule has 5 heteroatoms. The lowest BCUT2D eigenvalue weighted by Gasteiger charge is -2.22. The third-order valence-electron chi connectivity index (χ3n) is 3.35. The first-order valence-electron chi connectivity index (χ1n) is 8.36. The highest BCUT2D eigenvalue weighted by molar-refractivity contribution is 5.92. The molecule has 0 aromatic carbocycles. The maximum atomic E-state index is 12.2. The van der Waals surface area contributed by atoms with Crippen molar-refractivity contribution in [3.05, 3.63) is 17.5 Å². The molecule has 1 aromatic heterocycles. The summed E-state index contributed by atoms with van der Waals surface area (Å²) in [6.45, 7) is 13.0. The highest BCUT2D eigenvalue weighted by Gasteiger charge is 2.14. The molecule has 22 heavy (non-hydrogen) atoms. The number of aryl methyl sites for hydroxylation is 1. The zero-order valence-electron chi connectivity index (χ0n) is 14.6. The van der Waals surface area contributed by atoms with Crippen LogP contribution in [0.25, 0.3) is 0 Å². The maximum absolute atomic E-state index is 12.2. The molecular formula is C17H30N4O. The molecule has 0 unspecified atom stereocenters. The van der Waals surface area contributed by atoms with E-state index >= 15 is 0 Å². The van der Waals surface area contributed by atoms with E-state index in [1.54, 1.807) is 6.07 Å². The van der Waals surface area contributed by atoms with Crippen LogP contribution in [0, 0.1) is 12.8 Å². The molecule has 124 valence electrons. The summed E-state index contributed by atoms with van der Waals surface area (Å²) in [4.78, 5) is 23.4. The molecule has 0 spiro atoms. The number of nitrogens with zero attached hydrogens (tertiary/aromatic N) is 3. The Morgan fingerprint density at radius 3 is 2.41 bits per heavy atom. The zero-order chi connectivity index (χ0) is 16.5. The van der Waals surface area contributed by atoms with Gasteiger partial charge in [0.05, 0.1) is 0 Å². The van der Waals surface area contributed by atoms with Gasteiger partial charge < -0.3 is 10.2 Å². The third-order valence-corrected chi connectivity index (χ3v) is 3.35. The number of carbonyl (C=O) groups is 1. The van der Waals surface area contributed by atoms with Gasteiger partial charge >= 0.3 is 0 Å². The van der Waals surface area contributed by atoms with Crippen LogP contribution in [0.1, 0.15) is 63.1 Å². The zero-order valence-corrected chi connectivity index (χ0v) is 14.6. The summed E-state index contributed by atoms with van der Waals surface area (Å²) in [5.74, 6) is 1.13. The summed E-state index contributed by atoms with van der Waals surface area (Å²) in [5, 5.41) is 2.94. The SMILES string of the molecule is CCCN(CCC)c1nc(C)cc(C(=O)NCCC(C)C)n1. The topological polar surface area (TPSA) is 58.1 Å². The minimum atomic E-state index is -0.111. The summed E-state index contributed by atoms with van der Waals surface area (Å²) in [6.07, 6.45) is 3.04. The number of anilines is 1. The van der Waals surface area contributed by atoms with Gasteiger partial charge in [0.1, 0.15) is 5.69 Å². The van der Waals surface area contributed by atoms with Gasteiger partial charge in [0.2, 0.25) is 5.95 Å². The summed E-state index contributed by atoms with van der Waals surface area (Å²) in [5.41, 5.74) is 1.29. The summed E-state index contributed by atoms with van der Waals surface area (Å²) >= 11 is 0. The quantitative estimate of drug-likeness (QED) is 0.761. The molecule has 0 aliphatic heterocycles. The van der Waals surface area contributed by atoms with Gasteiger partial charge in [-0.25, -0.2) is 9.97 Å². The predicted molar refractivity (Wildman–Crippen MR) is 91.4 cm³/mol. The van der Waals surface area contributed by atoms with Crippen LogP contribution in [-0.2, 0) is 0 Å². The Kier molecular flexibility index (Phi) is 7.85. The molecule has 0 atom stereocenters. The third kappa shape index (κ3) is 6.00. The lowest BCUT2D eigenvalue weighted by Crippen LogP contribution is -2.30. The van der Waals surface area contributed by atoms with Crippen molar-refractivity contribution >= 4 is 11.9 Å². The number of rotatable bonds is 9. The van der Waals surface area contributed by atoms with Crippen LogP contribution >= 0.6 is 0 Å². The number of carbonyl (C=O) groups excluding carboxylic acids is 1. The molecule has 1 rings (SSSR count). The van der Waals surface area contributed by atoms with Crippen molar-refractivity contribution in [3.8, 4) is 0 Å². The van der Waals surface area contributed by atoms with Crippen molar-refractivity contribution in [2.24, 2.45) is 5.92 Å². The number of hydrogen-bond donors (Lipinski definition) is 1. The van der Waals surface area contributed by atoms with E-state index in [2.05, 4.69) is 47.9 Å². The van der Waals surface area contributed by atoms with Gasteiger partial charge in [-0.3, -0.25) is 4.79 Å².